The molecule has 0 atom stereocenters. The summed E-state index contributed by atoms with van der Waals surface area (Å²) in [7, 11) is 1.50. The van der Waals surface area contributed by atoms with Gasteiger partial charge in [-0.2, -0.15) is 0 Å². The molecule has 1 aromatic heterocycles. The van der Waals surface area contributed by atoms with E-state index in [0.29, 0.717) is 5.39 Å². The minimum Gasteiger partial charge on any atom is -0.333 e. The maximum absolute atomic E-state index is 13.1. The van der Waals surface area contributed by atoms with Crippen molar-refractivity contribution in [2.75, 3.05) is 7.05 Å². The minimum atomic E-state index is -0.0392. The summed E-state index contributed by atoms with van der Waals surface area (Å²) >= 11 is 0. The number of rotatable bonds is 5. The third-order valence-electron chi connectivity index (χ3n) is 3.60. The predicted molar refractivity (Wildman–Crippen MR) is 104 cm³/mol. The van der Waals surface area contributed by atoms with E-state index in [4.69, 9.17) is 4.98 Å². The quantitative estimate of drug-likeness (QED) is 0.850. The van der Waals surface area contributed by atoms with E-state index in [1.54, 1.807) is 10.6 Å². The zero-order valence-electron chi connectivity index (χ0n) is 15.1. The average Bonchev–Trinajstić information content (AvgIpc) is 2.55. The molecule has 2 rings (SSSR count). The van der Waals surface area contributed by atoms with Crippen LogP contribution in [0.2, 0.25) is 0 Å². The van der Waals surface area contributed by atoms with Crippen molar-refractivity contribution in [1.82, 2.24) is 9.55 Å². The van der Waals surface area contributed by atoms with Crippen LogP contribution in [0.25, 0.3) is 16.6 Å². The summed E-state index contributed by atoms with van der Waals surface area (Å²) in [4.78, 5) is 17.8. The van der Waals surface area contributed by atoms with Gasteiger partial charge in [0, 0.05) is 6.42 Å². The average molecular weight is 325 g/mol. The number of benzene rings is 1. The zero-order valence-corrected chi connectivity index (χ0v) is 15.1. The monoisotopic (exact) mass is 325 g/mol. The molecule has 0 saturated heterocycles. The van der Waals surface area contributed by atoms with E-state index in [-0.39, 0.29) is 5.56 Å². The highest BCUT2D eigenvalue weighted by molar-refractivity contribution is 5.82. The van der Waals surface area contributed by atoms with E-state index < -0.39 is 0 Å². The van der Waals surface area contributed by atoms with E-state index in [9.17, 15) is 4.79 Å². The molecular weight excluding hydrogens is 298 g/mol. The first-order valence-electron chi connectivity index (χ1n) is 8.09. The van der Waals surface area contributed by atoms with E-state index >= 15 is 0 Å². The Kier molecular flexibility index (Phi) is 7.33. The summed E-state index contributed by atoms with van der Waals surface area (Å²) in [5.74, 6) is 0.765. The number of allylic oxidation sites excluding steroid dienone is 4. The van der Waals surface area contributed by atoms with E-state index in [2.05, 4.69) is 25.8 Å². The summed E-state index contributed by atoms with van der Waals surface area (Å²) in [5.41, 5.74) is 7.72. The number of hydrogen-bond acceptors (Lipinski definition) is 3. The first-order valence-corrected chi connectivity index (χ1v) is 8.09. The molecule has 2 N–H and O–H groups in total. The fraction of sp³-hybridized carbons (Fsp3) is 0.300. The highest BCUT2D eigenvalue weighted by atomic mass is 16.1. The first-order chi connectivity index (χ1) is 11.5. The van der Waals surface area contributed by atoms with Crippen LogP contribution in [0.5, 0.6) is 0 Å². The molecule has 4 heteroatoms. The Morgan fingerprint density at radius 3 is 2.58 bits per heavy atom. The molecule has 2 aromatic rings. The van der Waals surface area contributed by atoms with Crippen LogP contribution >= 0.6 is 0 Å². The highest BCUT2D eigenvalue weighted by Crippen LogP contribution is 2.19. The molecule has 0 aliphatic rings. The molecule has 1 aromatic carbocycles. The Hall–Kier alpha value is -2.46. The summed E-state index contributed by atoms with van der Waals surface area (Å²) in [6, 6.07) is 5.77. The van der Waals surface area contributed by atoms with Gasteiger partial charge in [-0.3, -0.25) is 9.36 Å². The van der Waals surface area contributed by atoms with Crippen LogP contribution in [0.4, 0.5) is 0 Å². The van der Waals surface area contributed by atoms with Crippen LogP contribution in [0.15, 0.2) is 53.9 Å². The molecule has 128 valence electrons. The Morgan fingerprint density at radius 1 is 1.38 bits per heavy atom. The third-order valence-corrected chi connectivity index (χ3v) is 3.60. The van der Waals surface area contributed by atoms with E-state index in [1.807, 2.05) is 38.1 Å². The lowest BCUT2D eigenvalue weighted by Crippen LogP contribution is -2.25. The Labute approximate surface area is 144 Å². The lowest BCUT2D eigenvalue weighted by atomic mass is 10.1. The van der Waals surface area contributed by atoms with Crippen LogP contribution in [-0.2, 0) is 6.42 Å². The summed E-state index contributed by atoms with van der Waals surface area (Å²) in [6.45, 7) is 13.6. The van der Waals surface area contributed by atoms with Gasteiger partial charge in [0.1, 0.15) is 5.82 Å². The van der Waals surface area contributed by atoms with Crippen molar-refractivity contribution in [3.63, 3.8) is 0 Å². The number of aromatic nitrogens is 2. The van der Waals surface area contributed by atoms with Crippen molar-refractivity contribution in [2.45, 2.75) is 33.6 Å². The van der Waals surface area contributed by atoms with Crippen molar-refractivity contribution >= 4 is 16.6 Å². The first kappa shape index (κ1) is 19.6. The molecule has 0 bridgehead atoms. The van der Waals surface area contributed by atoms with Crippen molar-refractivity contribution in [3.8, 4) is 0 Å². The summed E-state index contributed by atoms with van der Waals surface area (Å²) in [6.07, 6.45) is 5.14. The second-order valence-corrected chi connectivity index (χ2v) is 5.46. The summed E-state index contributed by atoms with van der Waals surface area (Å²) in [5, 5.41) is 0.665. The molecule has 1 heterocycles. The van der Waals surface area contributed by atoms with Crippen molar-refractivity contribution < 1.29 is 0 Å². The lowest BCUT2D eigenvalue weighted by Gasteiger charge is -2.17. The van der Waals surface area contributed by atoms with Gasteiger partial charge in [-0.25, -0.2) is 4.98 Å². The second kappa shape index (κ2) is 8.99. The molecule has 0 aliphatic heterocycles. The normalized spacial score (nSPS) is 11.0. The van der Waals surface area contributed by atoms with Crippen molar-refractivity contribution in [3.05, 3.63) is 70.8 Å². The molecular formula is C20H27N3O. The van der Waals surface area contributed by atoms with Gasteiger partial charge in [0.25, 0.3) is 5.56 Å². The number of hydrogen-bond donors (Lipinski definition) is 1. The Morgan fingerprint density at radius 2 is 2.04 bits per heavy atom. The largest absolute Gasteiger partial charge is 0.333 e. The van der Waals surface area contributed by atoms with Gasteiger partial charge in [-0.15, -0.1) is 0 Å². The maximum Gasteiger partial charge on any atom is 0.266 e. The SMILES string of the molecule is C=C/C=C(\C(=C)C)n1c(CCC)nc2cccc(C)c2c1=O.CN. The van der Waals surface area contributed by atoms with Crippen LogP contribution in [-0.4, -0.2) is 16.6 Å². The minimum absolute atomic E-state index is 0.0392. The molecule has 0 fully saturated rings. The fourth-order valence-electron chi connectivity index (χ4n) is 2.60. The third kappa shape index (κ3) is 3.89. The van der Waals surface area contributed by atoms with Gasteiger partial charge in [0.05, 0.1) is 16.6 Å². The highest BCUT2D eigenvalue weighted by Gasteiger charge is 2.15. The molecule has 0 spiro atoms. The zero-order chi connectivity index (χ0) is 18.3. The lowest BCUT2D eigenvalue weighted by molar-refractivity contribution is 0.782. The molecule has 4 nitrogen and oxygen atoms in total. The molecule has 0 amide bonds. The maximum atomic E-state index is 13.1. The van der Waals surface area contributed by atoms with Crippen molar-refractivity contribution in [1.29, 1.82) is 0 Å². The Balaban J connectivity index is 0.00000139. The van der Waals surface area contributed by atoms with Gasteiger partial charge in [0.2, 0.25) is 0 Å². The van der Waals surface area contributed by atoms with E-state index in [1.165, 1.54) is 7.05 Å². The van der Waals surface area contributed by atoms with Gasteiger partial charge < -0.3 is 5.73 Å². The molecule has 0 unspecified atom stereocenters. The molecule has 0 saturated carbocycles. The summed E-state index contributed by atoms with van der Waals surface area (Å²) < 4.78 is 1.68. The van der Waals surface area contributed by atoms with Crippen LogP contribution in [0.1, 0.15) is 31.7 Å². The Bertz CT molecular complexity index is 829. The van der Waals surface area contributed by atoms with E-state index in [0.717, 1.165) is 41.0 Å². The fourth-order valence-corrected chi connectivity index (χ4v) is 2.60. The number of fused-ring (bicyclic) bond motifs is 1. The molecule has 0 aliphatic carbocycles. The van der Waals surface area contributed by atoms with Crippen molar-refractivity contribution in [2.24, 2.45) is 5.73 Å². The standard InChI is InChI=1S/C19H22N2O.CH5N/c1-6-9-16(13(3)4)21-17(10-7-2)20-15-12-8-11-14(5)18(15)19(21)22;1-2/h6,8-9,11-12H,1,3,7,10H2,2,4-5H3;2H2,1H3/b16-9+;. The number of nitrogens with two attached hydrogens (primary N) is 1. The van der Waals surface area contributed by atoms with Gasteiger partial charge in [0.15, 0.2) is 0 Å². The topological polar surface area (TPSA) is 60.9 Å². The van der Waals surface area contributed by atoms with Gasteiger partial charge in [-0.1, -0.05) is 38.3 Å². The van der Waals surface area contributed by atoms with Crippen LogP contribution in [0, 0.1) is 6.92 Å². The number of nitrogens with zero attached hydrogens (tertiary/aromatic N) is 2. The predicted octanol–water partition coefficient (Wildman–Crippen LogP) is 3.84. The second-order valence-electron chi connectivity index (χ2n) is 5.46. The molecule has 0 radical (unpaired) electrons. The smallest absolute Gasteiger partial charge is 0.266 e. The van der Waals surface area contributed by atoms with Crippen LogP contribution < -0.4 is 11.3 Å². The van der Waals surface area contributed by atoms with Crippen LogP contribution in [0.3, 0.4) is 0 Å². The van der Waals surface area contributed by atoms with Gasteiger partial charge in [-0.05, 0) is 50.6 Å². The number of aryl methyl sites for hydroxylation is 2. The molecule has 24 heavy (non-hydrogen) atoms. The van der Waals surface area contributed by atoms with Gasteiger partial charge >= 0.3 is 0 Å².